The van der Waals surface area contributed by atoms with Gasteiger partial charge in [0.15, 0.2) is 0 Å². The number of aryl methyl sites for hydroxylation is 1. The van der Waals surface area contributed by atoms with Crippen LogP contribution in [0.3, 0.4) is 0 Å². The number of rotatable bonds is 18. The van der Waals surface area contributed by atoms with Crippen molar-refractivity contribution < 1.29 is 34.2 Å². The summed E-state index contributed by atoms with van der Waals surface area (Å²) >= 11 is 0. The Morgan fingerprint density at radius 2 is 1.71 bits per heavy atom. The first-order chi connectivity index (χ1) is 18.2. The minimum atomic E-state index is -1.07. The number of carbonyl (C=O) groups is 5. The Labute approximate surface area is 224 Å². The van der Waals surface area contributed by atoms with Gasteiger partial charge in [-0.1, -0.05) is 37.3 Å². The van der Waals surface area contributed by atoms with Crippen molar-refractivity contribution in [2.75, 3.05) is 13.1 Å². The van der Waals surface area contributed by atoms with Gasteiger partial charge in [-0.05, 0) is 56.9 Å². The van der Waals surface area contributed by atoms with Crippen LogP contribution in [0.5, 0.6) is 0 Å². The number of amides is 2. The number of aliphatic carboxylic acids is 2. The number of benzene rings is 1. The molecule has 3 atom stereocenters. The lowest BCUT2D eigenvalue weighted by Gasteiger charge is -2.29. The largest absolute Gasteiger partial charge is 0.480 e. The summed E-state index contributed by atoms with van der Waals surface area (Å²) in [5.74, 6) is -2.67. The number of carboxylic acids is 2. The van der Waals surface area contributed by atoms with Crippen molar-refractivity contribution in [3.05, 3.63) is 35.9 Å². The summed E-state index contributed by atoms with van der Waals surface area (Å²) < 4.78 is 0. The van der Waals surface area contributed by atoms with Crippen molar-refractivity contribution in [2.45, 2.75) is 95.7 Å². The summed E-state index contributed by atoms with van der Waals surface area (Å²) in [5, 5.41) is 25.1. The molecular formula is C28H41N3O7. The van der Waals surface area contributed by atoms with E-state index in [0.717, 1.165) is 12.0 Å². The molecule has 38 heavy (non-hydrogen) atoms. The molecule has 2 unspecified atom stereocenters. The molecule has 1 aromatic rings. The SMILES string of the molecule is CCCC(=O)CCC(=O)NCCCC[C@H](NC(CCc1ccccc1)C(=O)O)C(=O)N1CCCC1C(=O)O. The number of nitrogens with one attached hydrogen (secondary N) is 2. The van der Waals surface area contributed by atoms with E-state index in [-0.39, 0.29) is 31.0 Å². The number of carboxylic acid groups (broad SMARTS) is 2. The maximum absolute atomic E-state index is 13.4. The molecule has 4 N–H and O–H groups in total. The zero-order chi connectivity index (χ0) is 27.9. The Morgan fingerprint density at radius 3 is 2.37 bits per heavy atom. The summed E-state index contributed by atoms with van der Waals surface area (Å²) in [6.07, 6.45) is 4.73. The van der Waals surface area contributed by atoms with Crippen LogP contribution in [-0.4, -0.2) is 75.9 Å². The second-order valence-electron chi connectivity index (χ2n) is 9.80. The highest BCUT2D eigenvalue weighted by molar-refractivity contribution is 5.88. The van der Waals surface area contributed by atoms with E-state index >= 15 is 0 Å². The van der Waals surface area contributed by atoms with Crippen LogP contribution in [0.4, 0.5) is 0 Å². The molecule has 0 radical (unpaired) electrons. The first-order valence-corrected chi connectivity index (χ1v) is 13.6. The maximum atomic E-state index is 13.4. The fourth-order valence-corrected chi connectivity index (χ4v) is 4.69. The van der Waals surface area contributed by atoms with Crippen molar-refractivity contribution >= 4 is 29.5 Å². The van der Waals surface area contributed by atoms with Crippen molar-refractivity contribution in [3.63, 3.8) is 0 Å². The van der Waals surface area contributed by atoms with E-state index in [1.54, 1.807) is 0 Å². The second kappa shape index (κ2) is 16.5. The molecule has 1 heterocycles. The third kappa shape index (κ3) is 10.6. The molecule has 2 rings (SSSR count). The summed E-state index contributed by atoms with van der Waals surface area (Å²) in [7, 11) is 0. The molecular weight excluding hydrogens is 490 g/mol. The van der Waals surface area contributed by atoms with E-state index in [4.69, 9.17) is 0 Å². The van der Waals surface area contributed by atoms with Gasteiger partial charge < -0.3 is 20.4 Å². The van der Waals surface area contributed by atoms with Crippen LogP contribution < -0.4 is 10.6 Å². The van der Waals surface area contributed by atoms with E-state index in [1.807, 2.05) is 37.3 Å². The molecule has 210 valence electrons. The average Bonchev–Trinajstić information content (AvgIpc) is 3.39. The second-order valence-corrected chi connectivity index (χ2v) is 9.80. The van der Waals surface area contributed by atoms with Gasteiger partial charge in [0, 0.05) is 32.4 Å². The molecule has 1 fully saturated rings. The van der Waals surface area contributed by atoms with E-state index in [1.165, 1.54) is 4.90 Å². The number of hydrogen-bond donors (Lipinski definition) is 4. The van der Waals surface area contributed by atoms with Gasteiger partial charge in [0.2, 0.25) is 11.8 Å². The fourth-order valence-electron chi connectivity index (χ4n) is 4.69. The molecule has 0 spiro atoms. The number of unbranched alkanes of at least 4 members (excludes halogenated alkanes) is 1. The van der Waals surface area contributed by atoms with E-state index < -0.39 is 36.0 Å². The lowest BCUT2D eigenvalue weighted by atomic mass is 10.0. The highest BCUT2D eigenvalue weighted by Gasteiger charge is 2.38. The Bertz CT molecular complexity index is 938. The monoisotopic (exact) mass is 531 g/mol. The molecule has 1 saturated heterocycles. The minimum Gasteiger partial charge on any atom is -0.480 e. The summed E-state index contributed by atoms with van der Waals surface area (Å²) in [6, 6.07) is 6.74. The minimum absolute atomic E-state index is 0.0666. The summed E-state index contributed by atoms with van der Waals surface area (Å²) in [6.45, 7) is 2.61. The fraction of sp³-hybridized carbons (Fsp3) is 0.607. The van der Waals surface area contributed by atoms with Crippen molar-refractivity contribution in [1.82, 2.24) is 15.5 Å². The van der Waals surface area contributed by atoms with Crippen LogP contribution >= 0.6 is 0 Å². The van der Waals surface area contributed by atoms with E-state index in [0.29, 0.717) is 58.0 Å². The molecule has 10 nitrogen and oxygen atoms in total. The number of Topliss-reactive ketones (excluding diaryl/α,β-unsaturated/α-hetero) is 1. The van der Waals surface area contributed by atoms with Crippen molar-refractivity contribution in [1.29, 1.82) is 0 Å². The van der Waals surface area contributed by atoms with Crippen molar-refractivity contribution in [2.24, 2.45) is 0 Å². The molecule has 1 aromatic carbocycles. The highest BCUT2D eigenvalue weighted by Crippen LogP contribution is 2.20. The third-order valence-corrected chi connectivity index (χ3v) is 6.79. The number of carbonyl (C=O) groups excluding carboxylic acids is 3. The van der Waals surface area contributed by atoms with Gasteiger partial charge >= 0.3 is 11.9 Å². The smallest absolute Gasteiger partial charge is 0.326 e. The predicted octanol–water partition coefficient (Wildman–Crippen LogP) is 2.54. The van der Waals surface area contributed by atoms with Crippen LogP contribution in [0.1, 0.15) is 76.7 Å². The number of hydrogen-bond acceptors (Lipinski definition) is 6. The van der Waals surface area contributed by atoms with Crippen LogP contribution in [0.15, 0.2) is 30.3 Å². The Hall–Kier alpha value is -3.27. The van der Waals surface area contributed by atoms with Gasteiger partial charge in [-0.15, -0.1) is 0 Å². The summed E-state index contributed by atoms with van der Waals surface area (Å²) in [4.78, 5) is 62.0. The topological polar surface area (TPSA) is 153 Å². The number of ketones is 1. The van der Waals surface area contributed by atoms with Crippen LogP contribution in [0.25, 0.3) is 0 Å². The van der Waals surface area contributed by atoms with Gasteiger partial charge in [0.1, 0.15) is 17.9 Å². The quantitative estimate of drug-likeness (QED) is 0.211. The predicted molar refractivity (Wildman–Crippen MR) is 141 cm³/mol. The molecule has 0 bridgehead atoms. The zero-order valence-electron chi connectivity index (χ0n) is 22.2. The van der Waals surface area contributed by atoms with Gasteiger partial charge in [0.25, 0.3) is 0 Å². The molecule has 1 aliphatic rings. The maximum Gasteiger partial charge on any atom is 0.326 e. The van der Waals surface area contributed by atoms with Crippen LogP contribution in [-0.2, 0) is 30.4 Å². The standard InChI is InChI=1S/C28H41N3O7/c1-2-9-21(32)15-17-25(33)29-18-7-6-12-22(26(34)31-19-8-13-24(31)28(37)38)30-23(27(35)36)16-14-20-10-4-3-5-11-20/h3-5,10-11,22-24,30H,2,6-9,12-19H2,1H3,(H,29,33)(H,35,36)(H,37,38)/t22-,23?,24?/m0/s1. The van der Waals surface area contributed by atoms with E-state index in [9.17, 15) is 34.2 Å². The third-order valence-electron chi connectivity index (χ3n) is 6.79. The normalized spacial score (nSPS) is 16.6. The lowest BCUT2D eigenvalue weighted by Crippen LogP contribution is -2.54. The zero-order valence-corrected chi connectivity index (χ0v) is 22.2. The number of likely N-dealkylation sites (tertiary alicyclic amines) is 1. The first-order valence-electron chi connectivity index (χ1n) is 13.6. The molecule has 10 heteroatoms. The molecule has 0 aromatic heterocycles. The Balaban J connectivity index is 1.95. The summed E-state index contributed by atoms with van der Waals surface area (Å²) in [5.41, 5.74) is 0.987. The Kier molecular flexibility index (Phi) is 13.5. The van der Waals surface area contributed by atoms with Crippen LogP contribution in [0, 0.1) is 0 Å². The van der Waals surface area contributed by atoms with Crippen LogP contribution in [0.2, 0.25) is 0 Å². The molecule has 0 saturated carbocycles. The lowest BCUT2D eigenvalue weighted by molar-refractivity contribution is -0.149. The van der Waals surface area contributed by atoms with Gasteiger partial charge in [-0.3, -0.25) is 24.5 Å². The Morgan fingerprint density at radius 1 is 0.974 bits per heavy atom. The van der Waals surface area contributed by atoms with Crippen molar-refractivity contribution in [3.8, 4) is 0 Å². The van der Waals surface area contributed by atoms with Gasteiger partial charge in [0.05, 0.1) is 6.04 Å². The average molecular weight is 532 g/mol. The van der Waals surface area contributed by atoms with Gasteiger partial charge in [-0.25, -0.2) is 4.79 Å². The highest BCUT2D eigenvalue weighted by atomic mass is 16.4. The number of nitrogens with zero attached hydrogens (tertiary/aromatic N) is 1. The molecule has 2 amide bonds. The van der Waals surface area contributed by atoms with Gasteiger partial charge in [-0.2, -0.15) is 0 Å². The molecule has 1 aliphatic heterocycles. The van der Waals surface area contributed by atoms with E-state index in [2.05, 4.69) is 10.6 Å². The molecule has 0 aliphatic carbocycles. The first kappa shape index (κ1) is 31.0.